The lowest BCUT2D eigenvalue weighted by atomic mass is 9.67. The maximum Gasteiger partial charge on any atom is 0.119 e. The second-order valence-electron chi connectivity index (χ2n) is 9.60. The van der Waals surface area contributed by atoms with E-state index in [0.29, 0.717) is 0 Å². The molecule has 37 heavy (non-hydrogen) atoms. The summed E-state index contributed by atoms with van der Waals surface area (Å²) in [6, 6.07) is 43.5. The number of hydrogen-bond acceptors (Lipinski definition) is 2. The van der Waals surface area contributed by atoms with Gasteiger partial charge in [0.15, 0.2) is 0 Å². The maximum absolute atomic E-state index is 5.78. The third-order valence-electron chi connectivity index (χ3n) is 7.90. The van der Waals surface area contributed by atoms with Gasteiger partial charge >= 0.3 is 0 Å². The Morgan fingerprint density at radius 2 is 1.03 bits per heavy atom. The molecule has 0 aromatic heterocycles. The van der Waals surface area contributed by atoms with Gasteiger partial charge in [0, 0.05) is 0 Å². The highest BCUT2D eigenvalue weighted by molar-refractivity contribution is 6.13. The van der Waals surface area contributed by atoms with E-state index < -0.39 is 5.41 Å². The summed E-state index contributed by atoms with van der Waals surface area (Å²) in [5, 5.41) is 0. The molecule has 1 atom stereocenters. The molecule has 0 radical (unpaired) electrons. The zero-order valence-electron chi connectivity index (χ0n) is 20.9. The highest BCUT2D eigenvalue weighted by Gasteiger charge is 2.53. The van der Waals surface area contributed by atoms with E-state index in [4.69, 9.17) is 9.47 Å². The molecule has 178 valence electrons. The van der Waals surface area contributed by atoms with Crippen LogP contribution in [-0.2, 0) is 5.41 Å². The Labute approximate surface area is 217 Å². The average molecular weight is 479 g/mol. The van der Waals surface area contributed by atoms with E-state index in [1.165, 1.54) is 55.7 Å². The Morgan fingerprint density at radius 3 is 1.76 bits per heavy atom. The molecule has 1 unspecified atom stereocenters. The van der Waals surface area contributed by atoms with Gasteiger partial charge in [-0.25, -0.2) is 0 Å². The van der Waals surface area contributed by atoms with Gasteiger partial charge < -0.3 is 9.47 Å². The molecule has 2 aliphatic rings. The minimum atomic E-state index is -0.491. The van der Waals surface area contributed by atoms with Gasteiger partial charge in [0.2, 0.25) is 0 Å². The monoisotopic (exact) mass is 478 g/mol. The van der Waals surface area contributed by atoms with E-state index >= 15 is 0 Å². The van der Waals surface area contributed by atoms with Crippen molar-refractivity contribution in [2.24, 2.45) is 0 Å². The van der Waals surface area contributed by atoms with Crippen molar-refractivity contribution in [3.05, 3.63) is 155 Å². The van der Waals surface area contributed by atoms with Gasteiger partial charge in [-0.2, -0.15) is 0 Å². The normalized spacial score (nSPS) is 16.9. The molecule has 7 rings (SSSR count). The van der Waals surface area contributed by atoms with Crippen molar-refractivity contribution in [1.29, 1.82) is 0 Å². The summed E-state index contributed by atoms with van der Waals surface area (Å²) in [6.45, 7) is 0. The Balaban J connectivity index is 1.72. The molecule has 0 fully saturated rings. The van der Waals surface area contributed by atoms with Crippen molar-refractivity contribution in [3.63, 3.8) is 0 Å². The third kappa shape index (κ3) is 2.93. The van der Waals surface area contributed by atoms with Crippen LogP contribution >= 0.6 is 0 Å². The molecule has 0 bridgehead atoms. The van der Waals surface area contributed by atoms with Crippen molar-refractivity contribution in [2.45, 2.75) is 5.41 Å². The molecule has 5 aromatic carbocycles. The van der Waals surface area contributed by atoms with E-state index in [9.17, 15) is 0 Å². The molecule has 0 aliphatic heterocycles. The maximum atomic E-state index is 5.78. The number of ether oxygens (including phenoxy) is 2. The second kappa shape index (κ2) is 8.25. The molecule has 1 spiro atoms. The SMILES string of the molecule is COc1ccc2c(c1)C(c1ccccc1)=C(c1ccccc1)C21c2ccccc2-c2ccc(OC)cc21. The smallest absolute Gasteiger partial charge is 0.119 e. The molecule has 0 saturated carbocycles. The fourth-order valence-corrected chi connectivity index (χ4v) is 6.46. The largest absolute Gasteiger partial charge is 0.497 e. The van der Waals surface area contributed by atoms with Crippen molar-refractivity contribution < 1.29 is 9.47 Å². The Morgan fingerprint density at radius 1 is 0.459 bits per heavy atom. The zero-order chi connectivity index (χ0) is 25.0. The van der Waals surface area contributed by atoms with E-state index in [1.807, 2.05) is 0 Å². The van der Waals surface area contributed by atoms with Gasteiger partial charge in [-0.3, -0.25) is 0 Å². The lowest BCUT2D eigenvalue weighted by Gasteiger charge is -2.33. The van der Waals surface area contributed by atoms with E-state index in [2.05, 4.69) is 121 Å². The standard InChI is InChI=1S/C35H26O2/c1-36-25-18-20-31-29(21-25)33(23-11-5-3-6-12-23)34(24-13-7-4-8-14-24)35(31)30-16-10-9-15-27(30)28-19-17-26(37-2)22-32(28)35/h3-22H,1-2H3. The van der Waals surface area contributed by atoms with Gasteiger partial charge in [-0.1, -0.05) is 97.1 Å². The van der Waals surface area contributed by atoms with Crippen LogP contribution < -0.4 is 9.47 Å². The molecule has 0 saturated heterocycles. The number of allylic oxidation sites excluding steroid dienone is 1. The zero-order valence-corrected chi connectivity index (χ0v) is 20.9. The van der Waals surface area contributed by atoms with Gasteiger partial charge in [-0.15, -0.1) is 0 Å². The number of benzene rings is 5. The van der Waals surface area contributed by atoms with Crippen LogP contribution in [0, 0.1) is 0 Å². The quantitative estimate of drug-likeness (QED) is 0.261. The number of hydrogen-bond donors (Lipinski definition) is 0. The Hall–Kier alpha value is -4.56. The average Bonchev–Trinajstić information content (AvgIpc) is 3.44. The molecule has 2 nitrogen and oxygen atoms in total. The molecule has 2 heteroatoms. The number of rotatable bonds is 4. The Bertz CT molecular complexity index is 1680. The van der Waals surface area contributed by atoms with Crippen molar-refractivity contribution in [2.75, 3.05) is 14.2 Å². The summed E-state index contributed by atoms with van der Waals surface area (Å²) in [4.78, 5) is 0. The van der Waals surface area contributed by atoms with Gasteiger partial charge in [0.25, 0.3) is 0 Å². The van der Waals surface area contributed by atoms with Crippen LogP contribution in [0.15, 0.2) is 121 Å². The van der Waals surface area contributed by atoms with Crippen molar-refractivity contribution in [1.82, 2.24) is 0 Å². The summed E-state index contributed by atoms with van der Waals surface area (Å²) in [6.07, 6.45) is 0. The summed E-state index contributed by atoms with van der Waals surface area (Å²) in [5.74, 6) is 1.72. The first-order chi connectivity index (χ1) is 18.3. The van der Waals surface area contributed by atoms with E-state index in [1.54, 1.807) is 14.2 Å². The summed E-state index contributed by atoms with van der Waals surface area (Å²) >= 11 is 0. The lowest BCUT2D eigenvalue weighted by molar-refractivity contribution is 0.413. The fraction of sp³-hybridized carbons (Fsp3) is 0.0857. The molecule has 0 heterocycles. The highest BCUT2D eigenvalue weighted by Crippen LogP contribution is 2.65. The van der Waals surface area contributed by atoms with Crippen LogP contribution in [0.5, 0.6) is 11.5 Å². The molecule has 2 aliphatic carbocycles. The van der Waals surface area contributed by atoms with Crippen LogP contribution in [0.2, 0.25) is 0 Å². The van der Waals surface area contributed by atoms with Crippen LogP contribution in [0.25, 0.3) is 22.3 Å². The number of methoxy groups -OCH3 is 2. The van der Waals surface area contributed by atoms with Crippen molar-refractivity contribution in [3.8, 4) is 22.6 Å². The minimum Gasteiger partial charge on any atom is -0.497 e. The fourth-order valence-electron chi connectivity index (χ4n) is 6.46. The molecular formula is C35H26O2. The topological polar surface area (TPSA) is 18.5 Å². The van der Waals surface area contributed by atoms with Crippen LogP contribution in [0.4, 0.5) is 0 Å². The van der Waals surface area contributed by atoms with Crippen LogP contribution in [0.1, 0.15) is 33.4 Å². The van der Waals surface area contributed by atoms with Gasteiger partial charge in [0.1, 0.15) is 11.5 Å². The van der Waals surface area contributed by atoms with E-state index in [-0.39, 0.29) is 0 Å². The van der Waals surface area contributed by atoms with Gasteiger partial charge in [-0.05, 0) is 79.9 Å². The first-order valence-electron chi connectivity index (χ1n) is 12.6. The Kier molecular flexibility index (Phi) is 4.84. The van der Waals surface area contributed by atoms with Crippen LogP contribution in [-0.4, -0.2) is 14.2 Å². The predicted molar refractivity (Wildman–Crippen MR) is 150 cm³/mol. The molecular weight excluding hydrogens is 452 g/mol. The molecule has 0 N–H and O–H groups in total. The number of fused-ring (bicyclic) bond motifs is 7. The molecule has 0 amide bonds. The first kappa shape index (κ1) is 21.7. The van der Waals surface area contributed by atoms with Crippen molar-refractivity contribution >= 4 is 11.1 Å². The predicted octanol–water partition coefficient (Wildman–Crippen LogP) is 7.99. The summed E-state index contributed by atoms with van der Waals surface area (Å²) in [5.41, 5.74) is 12.0. The minimum absolute atomic E-state index is 0.491. The highest BCUT2D eigenvalue weighted by atomic mass is 16.5. The summed E-state index contributed by atoms with van der Waals surface area (Å²) in [7, 11) is 3.48. The third-order valence-corrected chi connectivity index (χ3v) is 7.90. The molecule has 5 aromatic rings. The van der Waals surface area contributed by atoms with Gasteiger partial charge in [0.05, 0.1) is 19.6 Å². The van der Waals surface area contributed by atoms with Crippen LogP contribution in [0.3, 0.4) is 0 Å². The summed E-state index contributed by atoms with van der Waals surface area (Å²) < 4.78 is 11.5. The van der Waals surface area contributed by atoms with E-state index in [0.717, 1.165) is 11.5 Å². The first-order valence-corrected chi connectivity index (χ1v) is 12.6. The lowest BCUT2D eigenvalue weighted by Crippen LogP contribution is -2.26. The second-order valence-corrected chi connectivity index (χ2v) is 9.60.